The molecule has 0 spiro atoms. The van der Waals surface area contributed by atoms with Crippen molar-refractivity contribution in [2.24, 2.45) is 5.92 Å². The van der Waals surface area contributed by atoms with Gasteiger partial charge in [0.1, 0.15) is 0 Å². The maximum Gasteiger partial charge on any atom is 0.0972 e. The molecule has 136 valence electrons. The van der Waals surface area contributed by atoms with Crippen LogP contribution in [0.4, 0.5) is 0 Å². The molecule has 2 nitrogen and oxygen atoms in total. The lowest BCUT2D eigenvalue weighted by Gasteiger charge is -2.27. The Kier molecular flexibility index (Phi) is 8.97. The Morgan fingerprint density at radius 3 is 2.50 bits per heavy atom. The van der Waals surface area contributed by atoms with Crippen LogP contribution in [0.2, 0.25) is 0 Å². The van der Waals surface area contributed by atoms with Crippen LogP contribution in [0.5, 0.6) is 0 Å². The summed E-state index contributed by atoms with van der Waals surface area (Å²) < 4.78 is 12.3. The molecule has 1 aromatic carbocycles. The molecule has 1 aromatic rings. The molecule has 0 radical (unpaired) electrons. The third kappa shape index (κ3) is 6.26. The lowest BCUT2D eigenvalue weighted by molar-refractivity contribution is 0.110. The van der Waals surface area contributed by atoms with E-state index in [0.29, 0.717) is 5.92 Å². The van der Waals surface area contributed by atoms with Crippen LogP contribution in [0.1, 0.15) is 58.8 Å². The van der Waals surface area contributed by atoms with Crippen LogP contribution in [0, 0.1) is 5.92 Å². The zero-order chi connectivity index (χ0) is 17.3. The zero-order valence-corrected chi connectivity index (χ0v) is 17.0. The number of hydrogen-bond acceptors (Lipinski definition) is 3. The summed E-state index contributed by atoms with van der Waals surface area (Å²) in [6.45, 7) is 6.19. The first-order chi connectivity index (χ1) is 11.7. The highest BCUT2D eigenvalue weighted by atomic mass is 32.4. The van der Waals surface area contributed by atoms with Crippen molar-refractivity contribution in [3.63, 3.8) is 0 Å². The molecule has 1 aliphatic rings. The van der Waals surface area contributed by atoms with Crippen molar-refractivity contribution in [2.75, 3.05) is 19.4 Å². The quantitative estimate of drug-likeness (QED) is 0.379. The van der Waals surface area contributed by atoms with Crippen molar-refractivity contribution in [3.8, 4) is 0 Å². The van der Waals surface area contributed by atoms with Crippen LogP contribution < -0.4 is 5.30 Å². The molecule has 3 atom stereocenters. The Bertz CT molecular complexity index is 506. The summed E-state index contributed by atoms with van der Waals surface area (Å²) in [6, 6.07) is 10.5. The maximum absolute atomic E-state index is 6.38. The van der Waals surface area contributed by atoms with Gasteiger partial charge in [-0.05, 0) is 18.8 Å². The first kappa shape index (κ1) is 20.1. The van der Waals surface area contributed by atoms with Crippen LogP contribution >= 0.6 is 6.26 Å². The van der Waals surface area contributed by atoms with Crippen molar-refractivity contribution < 1.29 is 9.26 Å². The van der Waals surface area contributed by atoms with Gasteiger partial charge in [-0.15, -0.1) is 0 Å². The van der Waals surface area contributed by atoms with E-state index < -0.39 is 6.26 Å². The highest BCUT2D eigenvalue weighted by Crippen LogP contribution is 2.49. The van der Waals surface area contributed by atoms with Crippen molar-refractivity contribution >= 4 is 23.4 Å². The van der Waals surface area contributed by atoms with Gasteiger partial charge < -0.3 is 9.26 Å². The van der Waals surface area contributed by atoms with Crippen LogP contribution in [0.3, 0.4) is 0 Å². The second-order valence-corrected chi connectivity index (χ2v) is 11.2. The molecule has 1 heterocycles. The Morgan fingerprint density at radius 1 is 1.12 bits per heavy atom. The van der Waals surface area contributed by atoms with Gasteiger partial charge in [-0.1, -0.05) is 88.1 Å². The second kappa shape index (κ2) is 10.7. The molecular weight excluding hydrogens is 335 g/mol. The number of hydrogen-bond donors (Lipinski definition) is 0. The number of benzene rings is 1. The monoisotopic (exact) mass is 368 g/mol. The van der Waals surface area contributed by atoms with Gasteiger partial charge in [-0.2, -0.15) is 0 Å². The van der Waals surface area contributed by atoms with Gasteiger partial charge in [0, 0.05) is 18.1 Å². The highest BCUT2D eigenvalue weighted by molar-refractivity contribution is 8.15. The Hall–Kier alpha value is -0.210. The van der Waals surface area contributed by atoms with E-state index in [2.05, 4.69) is 38.1 Å². The Labute approximate surface area is 153 Å². The van der Waals surface area contributed by atoms with Crippen LogP contribution in [0.25, 0.3) is 0 Å². The predicted molar refractivity (Wildman–Crippen MR) is 108 cm³/mol. The van der Waals surface area contributed by atoms with Crippen molar-refractivity contribution in [1.82, 2.24) is 0 Å². The largest absolute Gasteiger partial charge is 0.377 e. The number of unbranched alkanes of at least 4 members (excludes halogenated alkanes) is 5. The smallest absolute Gasteiger partial charge is 0.0972 e. The third-order valence-electron chi connectivity index (χ3n) is 4.91. The van der Waals surface area contributed by atoms with E-state index >= 15 is 0 Å². The van der Waals surface area contributed by atoms with Crippen LogP contribution in [-0.4, -0.2) is 25.5 Å². The topological polar surface area (TPSA) is 18.5 Å². The SMILES string of the molecule is CCCCCCCCOP(=S)(CC1OCCC1C)c1ccccc1. The summed E-state index contributed by atoms with van der Waals surface area (Å²) in [4.78, 5) is 0. The summed E-state index contributed by atoms with van der Waals surface area (Å²) >= 11 is 6.09. The van der Waals surface area contributed by atoms with Gasteiger partial charge in [0.25, 0.3) is 0 Å². The van der Waals surface area contributed by atoms with Crippen molar-refractivity contribution in [3.05, 3.63) is 30.3 Å². The fourth-order valence-corrected chi connectivity index (χ4v) is 6.69. The molecule has 0 saturated carbocycles. The molecule has 1 aliphatic heterocycles. The summed E-state index contributed by atoms with van der Waals surface area (Å²) in [7, 11) is 0. The number of rotatable bonds is 11. The van der Waals surface area contributed by atoms with Gasteiger partial charge >= 0.3 is 0 Å². The standard InChI is InChI=1S/C20H33O2PS/c1-3-4-5-6-7-11-15-22-23(24,19-12-9-8-10-13-19)17-20-18(2)14-16-21-20/h8-10,12-13,18,20H,3-7,11,14-17H2,1-2H3. The van der Waals surface area contributed by atoms with E-state index in [9.17, 15) is 0 Å². The van der Waals surface area contributed by atoms with Crippen molar-refractivity contribution in [1.29, 1.82) is 0 Å². The second-order valence-electron chi connectivity index (χ2n) is 6.97. The molecule has 1 fully saturated rings. The minimum Gasteiger partial charge on any atom is -0.377 e. The Morgan fingerprint density at radius 2 is 1.83 bits per heavy atom. The van der Waals surface area contributed by atoms with Crippen LogP contribution in [0.15, 0.2) is 30.3 Å². The minimum absolute atomic E-state index is 0.264. The lowest BCUT2D eigenvalue weighted by atomic mass is 10.1. The van der Waals surface area contributed by atoms with Gasteiger partial charge in [0.05, 0.1) is 19.0 Å². The van der Waals surface area contributed by atoms with E-state index in [1.54, 1.807) is 0 Å². The average molecular weight is 369 g/mol. The number of ether oxygens (including phenoxy) is 1. The average Bonchev–Trinajstić information content (AvgIpc) is 2.99. The van der Waals surface area contributed by atoms with Gasteiger partial charge in [0.15, 0.2) is 0 Å². The molecule has 4 heteroatoms. The van der Waals surface area contributed by atoms with E-state index in [1.807, 2.05) is 6.07 Å². The maximum atomic E-state index is 6.38. The first-order valence-corrected chi connectivity index (χ1v) is 12.5. The molecule has 3 unspecified atom stereocenters. The molecule has 0 bridgehead atoms. The predicted octanol–water partition coefficient (Wildman–Crippen LogP) is 5.51. The van der Waals surface area contributed by atoms with Gasteiger partial charge in [-0.3, -0.25) is 0 Å². The molecule has 0 amide bonds. The highest BCUT2D eigenvalue weighted by Gasteiger charge is 2.32. The van der Waals surface area contributed by atoms with Gasteiger partial charge in [0.2, 0.25) is 0 Å². The first-order valence-electron chi connectivity index (χ1n) is 9.56. The van der Waals surface area contributed by atoms with E-state index in [4.69, 9.17) is 21.1 Å². The molecular formula is C20H33O2PS. The van der Waals surface area contributed by atoms with Crippen molar-refractivity contribution in [2.45, 2.75) is 64.9 Å². The fourth-order valence-electron chi connectivity index (χ4n) is 3.21. The van der Waals surface area contributed by atoms with Gasteiger partial charge in [-0.25, -0.2) is 0 Å². The molecule has 0 aliphatic carbocycles. The summed E-state index contributed by atoms with van der Waals surface area (Å²) in [5.41, 5.74) is 0. The fraction of sp³-hybridized carbons (Fsp3) is 0.700. The normalized spacial score (nSPS) is 23.2. The summed E-state index contributed by atoms with van der Waals surface area (Å²) in [5, 5.41) is 1.20. The van der Waals surface area contributed by atoms with E-state index in [0.717, 1.165) is 32.2 Å². The summed E-state index contributed by atoms with van der Waals surface area (Å²) in [5.74, 6) is 0.591. The van der Waals surface area contributed by atoms with E-state index in [-0.39, 0.29) is 6.10 Å². The minimum atomic E-state index is -2.01. The Balaban J connectivity index is 1.90. The zero-order valence-electron chi connectivity index (χ0n) is 15.3. The molecule has 0 N–H and O–H groups in total. The third-order valence-corrected chi connectivity index (χ3v) is 8.83. The molecule has 24 heavy (non-hydrogen) atoms. The summed E-state index contributed by atoms with van der Waals surface area (Å²) in [6.07, 6.45) is 7.95. The molecule has 2 rings (SSSR count). The lowest BCUT2D eigenvalue weighted by Crippen LogP contribution is -2.23. The molecule has 1 saturated heterocycles. The van der Waals surface area contributed by atoms with Crippen LogP contribution in [-0.2, 0) is 21.1 Å². The molecule has 0 aromatic heterocycles. The van der Waals surface area contributed by atoms with E-state index in [1.165, 1.54) is 37.4 Å².